The fraction of sp³-hybridized carbons (Fsp3) is 0.111. The Hall–Kier alpha value is -1.88. The van der Waals surface area contributed by atoms with E-state index < -0.39 is 5.97 Å². The molecule has 0 fully saturated rings. The van der Waals surface area contributed by atoms with Gasteiger partial charge >= 0.3 is 5.97 Å². The molecule has 5 nitrogen and oxygen atoms in total. The Labute approximate surface area is 80.1 Å². The second-order valence-electron chi connectivity index (χ2n) is 2.46. The first-order valence-corrected chi connectivity index (χ1v) is 3.95. The lowest BCUT2D eigenvalue weighted by Gasteiger charge is -1.78. The smallest absolute Gasteiger partial charge is 0.317 e. The highest BCUT2D eigenvalue weighted by Crippen LogP contribution is 2.10. The molecule has 0 saturated heterocycles. The number of para-hydroxylation sites is 1. The first kappa shape index (κ1) is 10.2. The molecule has 0 unspecified atom stereocenters. The van der Waals surface area contributed by atoms with Crippen molar-refractivity contribution in [2.75, 3.05) is 6.54 Å². The lowest BCUT2D eigenvalue weighted by Crippen LogP contribution is -2.10. The van der Waals surface area contributed by atoms with Gasteiger partial charge < -0.3 is 15.4 Å². The minimum absolute atomic E-state index is 0.278. The van der Waals surface area contributed by atoms with E-state index in [0.29, 0.717) is 0 Å². The molecule has 1 heterocycles. The van der Waals surface area contributed by atoms with Gasteiger partial charge in [0.25, 0.3) is 0 Å². The summed E-state index contributed by atoms with van der Waals surface area (Å²) in [5.41, 5.74) is 5.42. The molecule has 0 amide bonds. The molecule has 5 heteroatoms. The van der Waals surface area contributed by atoms with Gasteiger partial charge in [-0.05, 0) is 12.1 Å². The summed E-state index contributed by atoms with van der Waals surface area (Å²) in [6, 6.07) is 7.74. The SMILES string of the molecule is NCC(=O)O.c1ccc2oncc2c1. The van der Waals surface area contributed by atoms with Gasteiger partial charge in [0, 0.05) is 5.39 Å². The molecule has 2 aromatic rings. The van der Waals surface area contributed by atoms with Crippen LogP contribution in [0.25, 0.3) is 11.0 Å². The standard InChI is InChI=1S/C7H5NO.C2H5NO2/c1-2-4-7-6(3-1)5-8-9-7;3-1-2(4)5/h1-5H;1,3H2,(H,4,5). The van der Waals surface area contributed by atoms with Crippen molar-refractivity contribution in [3.63, 3.8) is 0 Å². The molecular formula is C9H10N2O3. The summed E-state index contributed by atoms with van der Waals surface area (Å²) in [7, 11) is 0. The molecule has 2 rings (SSSR count). The number of carbonyl (C=O) groups is 1. The van der Waals surface area contributed by atoms with E-state index in [-0.39, 0.29) is 6.54 Å². The first-order valence-electron chi connectivity index (χ1n) is 3.95. The van der Waals surface area contributed by atoms with Gasteiger partial charge in [-0.15, -0.1) is 0 Å². The quantitative estimate of drug-likeness (QED) is 0.702. The number of fused-ring (bicyclic) bond motifs is 1. The average Bonchev–Trinajstić information content (AvgIpc) is 2.66. The van der Waals surface area contributed by atoms with E-state index in [0.717, 1.165) is 11.0 Å². The van der Waals surface area contributed by atoms with Gasteiger partial charge in [-0.25, -0.2) is 0 Å². The fourth-order valence-electron chi connectivity index (χ4n) is 0.810. The molecule has 0 spiro atoms. The van der Waals surface area contributed by atoms with Crippen molar-refractivity contribution in [2.24, 2.45) is 5.73 Å². The zero-order valence-corrected chi connectivity index (χ0v) is 7.38. The van der Waals surface area contributed by atoms with Crippen molar-refractivity contribution in [1.82, 2.24) is 5.16 Å². The molecule has 3 N–H and O–H groups in total. The van der Waals surface area contributed by atoms with Crippen LogP contribution in [0, 0.1) is 0 Å². The third-order valence-electron chi connectivity index (χ3n) is 1.44. The van der Waals surface area contributed by atoms with Gasteiger partial charge in [-0.2, -0.15) is 0 Å². The number of hydrogen-bond donors (Lipinski definition) is 2. The van der Waals surface area contributed by atoms with Gasteiger partial charge in [0.05, 0.1) is 12.7 Å². The molecule has 0 atom stereocenters. The van der Waals surface area contributed by atoms with E-state index in [1.54, 1.807) is 6.20 Å². The van der Waals surface area contributed by atoms with Crippen LogP contribution in [0.3, 0.4) is 0 Å². The Morgan fingerprint density at radius 3 is 2.71 bits per heavy atom. The Bertz CT molecular complexity index is 381. The van der Waals surface area contributed by atoms with Crippen LogP contribution in [-0.4, -0.2) is 22.8 Å². The monoisotopic (exact) mass is 194 g/mol. The molecule has 0 aliphatic heterocycles. The third-order valence-corrected chi connectivity index (χ3v) is 1.44. The normalized spacial score (nSPS) is 9.21. The van der Waals surface area contributed by atoms with Crippen molar-refractivity contribution in [3.05, 3.63) is 30.5 Å². The summed E-state index contributed by atoms with van der Waals surface area (Å²) in [6.45, 7) is -0.278. The number of nitrogens with two attached hydrogens (primary N) is 1. The predicted octanol–water partition coefficient (Wildman–Crippen LogP) is 0.857. The van der Waals surface area contributed by atoms with Gasteiger partial charge in [-0.3, -0.25) is 4.79 Å². The van der Waals surface area contributed by atoms with Crippen molar-refractivity contribution in [3.8, 4) is 0 Å². The second-order valence-corrected chi connectivity index (χ2v) is 2.46. The number of aromatic nitrogens is 1. The average molecular weight is 194 g/mol. The van der Waals surface area contributed by atoms with E-state index in [9.17, 15) is 4.79 Å². The van der Waals surface area contributed by atoms with E-state index in [1.807, 2.05) is 24.3 Å². The van der Waals surface area contributed by atoms with Crippen LogP contribution in [0.5, 0.6) is 0 Å². The number of nitrogens with zero attached hydrogens (tertiary/aromatic N) is 1. The summed E-state index contributed by atoms with van der Waals surface area (Å²) in [6.07, 6.45) is 1.70. The number of aliphatic carboxylic acids is 1. The Morgan fingerprint density at radius 1 is 1.50 bits per heavy atom. The van der Waals surface area contributed by atoms with Crippen molar-refractivity contribution in [1.29, 1.82) is 0 Å². The molecule has 0 aliphatic rings. The summed E-state index contributed by atoms with van der Waals surface area (Å²) in [5, 5.41) is 12.3. The van der Waals surface area contributed by atoms with E-state index in [1.165, 1.54) is 0 Å². The van der Waals surface area contributed by atoms with Crippen molar-refractivity contribution in [2.45, 2.75) is 0 Å². The predicted molar refractivity (Wildman–Crippen MR) is 50.7 cm³/mol. The Morgan fingerprint density at radius 2 is 2.14 bits per heavy atom. The van der Waals surface area contributed by atoms with Crippen LogP contribution in [0.1, 0.15) is 0 Å². The number of rotatable bonds is 1. The minimum atomic E-state index is -0.968. The largest absolute Gasteiger partial charge is 0.480 e. The van der Waals surface area contributed by atoms with E-state index >= 15 is 0 Å². The number of hydrogen-bond acceptors (Lipinski definition) is 4. The van der Waals surface area contributed by atoms with Gasteiger partial charge in [0.1, 0.15) is 0 Å². The lowest BCUT2D eigenvalue weighted by molar-refractivity contribution is -0.135. The second kappa shape index (κ2) is 4.98. The van der Waals surface area contributed by atoms with Crippen LogP contribution in [-0.2, 0) is 4.79 Å². The highest BCUT2D eigenvalue weighted by Gasteiger charge is 1.91. The maximum atomic E-state index is 9.24. The summed E-state index contributed by atoms with van der Waals surface area (Å²) in [4.78, 5) is 9.24. The van der Waals surface area contributed by atoms with Crippen LogP contribution in [0.15, 0.2) is 35.0 Å². The summed E-state index contributed by atoms with van der Waals surface area (Å²) >= 11 is 0. The molecule has 0 aliphatic carbocycles. The number of carboxylic acid groups (broad SMARTS) is 1. The maximum absolute atomic E-state index is 9.24. The molecule has 14 heavy (non-hydrogen) atoms. The molecule has 0 radical (unpaired) electrons. The van der Waals surface area contributed by atoms with Crippen LogP contribution < -0.4 is 5.73 Å². The highest BCUT2D eigenvalue weighted by atomic mass is 16.5. The molecule has 74 valence electrons. The molecule has 1 aromatic carbocycles. The minimum Gasteiger partial charge on any atom is -0.480 e. The number of benzene rings is 1. The van der Waals surface area contributed by atoms with Gasteiger partial charge in [0.2, 0.25) is 0 Å². The van der Waals surface area contributed by atoms with Crippen molar-refractivity contribution >= 4 is 16.9 Å². The summed E-state index contributed by atoms with van der Waals surface area (Å²) < 4.78 is 4.87. The summed E-state index contributed by atoms with van der Waals surface area (Å²) in [5.74, 6) is -0.968. The van der Waals surface area contributed by atoms with Crippen LogP contribution in [0.4, 0.5) is 0 Å². The van der Waals surface area contributed by atoms with Crippen molar-refractivity contribution < 1.29 is 14.4 Å². The Balaban J connectivity index is 0.000000171. The zero-order valence-electron chi connectivity index (χ0n) is 7.38. The van der Waals surface area contributed by atoms with Crippen LogP contribution in [0.2, 0.25) is 0 Å². The maximum Gasteiger partial charge on any atom is 0.317 e. The van der Waals surface area contributed by atoms with E-state index in [2.05, 4.69) is 10.9 Å². The third kappa shape index (κ3) is 2.87. The Kier molecular flexibility index (Phi) is 3.63. The molecule has 0 saturated carbocycles. The zero-order chi connectivity index (χ0) is 10.4. The molecular weight excluding hydrogens is 184 g/mol. The van der Waals surface area contributed by atoms with Gasteiger partial charge in [0.15, 0.2) is 5.58 Å². The van der Waals surface area contributed by atoms with Crippen LogP contribution >= 0.6 is 0 Å². The molecule has 0 bridgehead atoms. The topological polar surface area (TPSA) is 89.4 Å². The van der Waals surface area contributed by atoms with Gasteiger partial charge in [-0.1, -0.05) is 17.3 Å². The first-order chi connectivity index (χ1) is 6.74. The van der Waals surface area contributed by atoms with E-state index in [4.69, 9.17) is 9.63 Å². The highest BCUT2D eigenvalue weighted by molar-refractivity contribution is 5.75. The molecule has 1 aromatic heterocycles. The number of carboxylic acids is 1. The lowest BCUT2D eigenvalue weighted by atomic mass is 10.3. The fourth-order valence-corrected chi connectivity index (χ4v) is 0.810.